The molecule has 1 amide bonds. The third-order valence-electron chi connectivity index (χ3n) is 8.08. The van der Waals surface area contributed by atoms with Gasteiger partial charge in [0.05, 0.1) is 17.9 Å². The fourth-order valence-corrected chi connectivity index (χ4v) is 6.54. The van der Waals surface area contributed by atoms with E-state index in [2.05, 4.69) is 64.5 Å². The predicted molar refractivity (Wildman–Crippen MR) is 155 cm³/mol. The summed E-state index contributed by atoms with van der Waals surface area (Å²) in [6.45, 7) is 12.7. The molecule has 0 radical (unpaired) electrons. The van der Waals surface area contributed by atoms with Gasteiger partial charge in [-0.15, -0.1) is 0 Å². The fourth-order valence-electron chi connectivity index (χ4n) is 5.98. The maximum absolute atomic E-state index is 13.8. The lowest BCUT2D eigenvalue weighted by Gasteiger charge is -2.42. The molecule has 4 heterocycles. The second kappa shape index (κ2) is 11.2. The van der Waals surface area contributed by atoms with Crippen molar-refractivity contribution in [2.24, 2.45) is 0 Å². The first kappa shape index (κ1) is 27.0. The van der Waals surface area contributed by atoms with Gasteiger partial charge in [-0.25, -0.2) is 4.39 Å². The van der Waals surface area contributed by atoms with Gasteiger partial charge in [0.2, 0.25) is 5.91 Å². The molecule has 0 bridgehead atoms. The van der Waals surface area contributed by atoms with Gasteiger partial charge in [-0.1, -0.05) is 48.6 Å². The maximum atomic E-state index is 13.8. The number of amides is 1. The Morgan fingerprint density at radius 1 is 1.19 bits per heavy atom. The lowest BCUT2D eigenvalue weighted by molar-refractivity contribution is -0.120. The molecule has 2 fully saturated rings. The van der Waals surface area contributed by atoms with Gasteiger partial charge in [0.25, 0.3) is 0 Å². The number of aromatic nitrogens is 1. The summed E-state index contributed by atoms with van der Waals surface area (Å²) >= 11 is 2.57. The SMILES string of the molecule is C[C@@H]1CN(CC(=O)N2CC(C)(C)c3ncc(Cc4ccc(F)cc4)cc32)C(CN2CCC(I)CC2)CN1. The first-order valence-corrected chi connectivity index (χ1v) is 14.8. The van der Waals surface area contributed by atoms with Gasteiger partial charge in [0, 0.05) is 53.8 Å². The number of piperazine rings is 1. The lowest BCUT2D eigenvalue weighted by atomic mass is 9.91. The topological polar surface area (TPSA) is 51.7 Å². The van der Waals surface area contributed by atoms with Gasteiger partial charge in [-0.2, -0.15) is 0 Å². The molecule has 2 atom stereocenters. The third kappa shape index (κ3) is 6.34. The molecule has 0 aliphatic carbocycles. The molecule has 1 N–H and O–H groups in total. The second-order valence-electron chi connectivity index (χ2n) is 11.7. The number of likely N-dealkylation sites (tertiary alicyclic amines) is 1. The molecular formula is C29H39FIN5O. The Labute approximate surface area is 234 Å². The van der Waals surface area contributed by atoms with Crippen molar-refractivity contribution in [1.82, 2.24) is 20.1 Å². The van der Waals surface area contributed by atoms with Crippen LogP contribution < -0.4 is 10.2 Å². The number of pyridine rings is 1. The quantitative estimate of drug-likeness (QED) is 0.392. The first-order chi connectivity index (χ1) is 17.7. The first-order valence-electron chi connectivity index (χ1n) is 13.6. The van der Waals surface area contributed by atoms with E-state index in [-0.39, 0.29) is 17.1 Å². The van der Waals surface area contributed by atoms with Gasteiger partial charge in [-0.3, -0.25) is 14.7 Å². The van der Waals surface area contributed by atoms with Crippen LogP contribution in [0.2, 0.25) is 0 Å². The zero-order valence-corrected chi connectivity index (χ0v) is 24.4. The smallest absolute Gasteiger partial charge is 0.241 e. The summed E-state index contributed by atoms with van der Waals surface area (Å²) in [5, 5.41) is 3.64. The minimum Gasteiger partial charge on any atom is -0.311 e. The van der Waals surface area contributed by atoms with E-state index in [0.717, 1.165) is 59.2 Å². The van der Waals surface area contributed by atoms with Gasteiger partial charge in [0.15, 0.2) is 0 Å². The third-order valence-corrected chi connectivity index (χ3v) is 9.33. The Hall–Kier alpha value is -1.62. The highest BCUT2D eigenvalue weighted by atomic mass is 127. The summed E-state index contributed by atoms with van der Waals surface area (Å²) in [5.41, 5.74) is 3.78. The van der Waals surface area contributed by atoms with Crippen molar-refractivity contribution >= 4 is 34.2 Å². The van der Waals surface area contributed by atoms with Gasteiger partial charge in [0.1, 0.15) is 5.82 Å². The van der Waals surface area contributed by atoms with E-state index in [1.165, 1.54) is 25.0 Å². The van der Waals surface area contributed by atoms with Crippen LogP contribution in [0.15, 0.2) is 36.5 Å². The molecule has 1 aromatic carbocycles. The molecular weight excluding hydrogens is 580 g/mol. The zero-order chi connectivity index (χ0) is 26.2. The number of hydrogen-bond donors (Lipinski definition) is 1. The Kier molecular flexibility index (Phi) is 8.19. The van der Waals surface area contributed by atoms with E-state index in [1.807, 2.05) is 23.2 Å². The molecule has 3 aliphatic rings. The molecule has 1 unspecified atom stereocenters. The molecule has 2 aromatic rings. The van der Waals surface area contributed by atoms with Gasteiger partial charge < -0.3 is 15.1 Å². The van der Waals surface area contributed by atoms with Gasteiger partial charge in [-0.05, 0) is 68.6 Å². The van der Waals surface area contributed by atoms with Crippen LogP contribution in [-0.4, -0.2) is 82.5 Å². The van der Waals surface area contributed by atoms with Crippen molar-refractivity contribution in [1.29, 1.82) is 0 Å². The normalized spacial score (nSPS) is 24.8. The molecule has 37 heavy (non-hydrogen) atoms. The number of piperidine rings is 1. The number of rotatable bonds is 6. The highest BCUT2D eigenvalue weighted by molar-refractivity contribution is 14.1. The molecule has 0 saturated carbocycles. The van der Waals surface area contributed by atoms with Crippen LogP contribution in [-0.2, 0) is 16.6 Å². The van der Waals surface area contributed by atoms with E-state index in [1.54, 1.807) is 0 Å². The summed E-state index contributed by atoms with van der Waals surface area (Å²) < 4.78 is 14.1. The molecule has 3 aliphatic heterocycles. The summed E-state index contributed by atoms with van der Waals surface area (Å²) in [5.74, 6) is -0.0815. The number of alkyl halides is 1. The Bertz CT molecular complexity index is 1100. The van der Waals surface area contributed by atoms with Crippen molar-refractivity contribution in [3.05, 3.63) is 59.2 Å². The minimum atomic E-state index is -0.232. The molecule has 1 aromatic heterocycles. The van der Waals surface area contributed by atoms with E-state index in [0.29, 0.717) is 31.6 Å². The van der Waals surface area contributed by atoms with Crippen LogP contribution in [0, 0.1) is 5.82 Å². The van der Waals surface area contributed by atoms with Crippen molar-refractivity contribution in [2.75, 3.05) is 50.7 Å². The number of halogens is 2. The Morgan fingerprint density at radius 3 is 2.65 bits per heavy atom. The Morgan fingerprint density at radius 2 is 1.92 bits per heavy atom. The van der Waals surface area contributed by atoms with Crippen molar-refractivity contribution in [3.63, 3.8) is 0 Å². The summed E-state index contributed by atoms with van der Waals surface area (Å²) in [6.07, 6.45) is 5.07. The number of fused-ring (bicyclic) bond motifs is 1. The van der Waals surface area contributed by atoms with E-state index < -0.39 is 0 Å². The van der Waals surface area contributed by atoms with E-state index >= 15 is 0 Å². The van der Waals surface area contributed by atoms with Crippen LogP contribution in [0.5, 0.6) is 0 Å². The summed E-state index contributed by atoms with van der Waals surface area (Å²) in [7, 11) is 0. The molecule has 8 heteroatoms. The number of carbonyl (C=O) groups excluding carboxylic acids is 1. The summed E-state index contributed by atoms with van der Waals surface area (Å²) in [4.78, 5) is 25.6. The number of nitrogens with zero attached hydrogens (tertiary/aromatic N) is 4. The average molecular weight is 620 g/mol. The van der Waals surface area contributed by atoms with Crippen LogP contribution in [0.25, 0.3) is 0 Å². The number of hydrogen-bond acceptors (Lipinski definition) is 5. The van der Waals surface area contributed by atoms with E-state index in [4.69, 9.17) is 4.98 Å². The Balaban J connectivity index is 1.31. The molecule has 6 nitrogen and oxygen atoms in total. The summed E-state index contributed by atoms with van der Waals surface area (Å²) in [6, 6.07) is 9.42. The van der Waals surface area contributed by atoms with E-state index in [9.17, 15) is 9.18 Å². The fraction of sp³-hybridized carbons (Fsp3) is 0.586. The molecule has 200 valence electrons. The van der Waals surface area contributed by atoms with Crippen LogP contribution in [0.4, 0.5) is 10.1 Å². The number of nitrogens with one attached hydrogen (secondary N) is 1. The largest absolute Gasteiger partial charge is 0.311 e. The maximum Gasteiger partial charge on any atom is 0.241 e. The van der Waals surface area contributed by atoms with Gasteiger partial charge >= 0.3 is 0 Å². The van der Waals surface area contributed by atoms with Crippen LogP contribution >= 0.6 is 22.6 Å². The van der Waals surface area contributed by atoms with Crippen molar-refractivity contribution < 1.29 is 9.18 Å². The molecule has 5 rings (SSSR count). The highest BCUT2D eigenvalue weighted by Gasteiger charge is 2.40. The number of anilines is 1. The number of carbonyl (C=O) groups is 1. The monoisotopic (exact) mass is 619 g/mol. The highest BCUT2D eigenvalue weighted by Crippen LogP contribution is 2.39. The second-order valence-corrected chi connectivity index (χ2v) is 13.5. The molecule has 2 saturated heterocycles. The average Bonchev–Trinajstić information content (AvgIpc) is 3.14. The molecule has 0 spiro atoms. The van der Waals surface area contributed by atoms with Crippen LogP contribution in [0.3, 0.4) is 0 Å². The van der Waals surface area contributed by atoms with Crippen LogP contribution in [0.1, 0.15) is 50.4 Å². The van der Waals surface area contributed by atoms with Crippen molar-refractivity contribution in [2.45, 2.75) is 61.5 Å². The van der Waals surface area contributed by atoms with Crippen molar-refractivity contribution in [3.8, 4) is 0 Å². The number of benzene rings is 1. The minimum absolute atomic E-state index is 0.151. The standard InChI is InChI=1S/C29H39FIN5O/c1-20-16-35(25(15-32-20)17-34-10-8-24(31)9-11-34)18-27(37)36-19-29(2,3)28-26(36)13-22(14-33-28)12-21-4-6-23(30)7-5-21/h4-7,13-14,20,24-25,32H,8-12,15-19H2,1-3H3/t20-,25?/m1/s1. The zero-order valence-electron chi connectivity index (χ0n) is 22.2. The lowest BCUT2D eigenvalue weighted by Crippen LogP contribution is -2.61. The predicted octanol–water partition coefficient (Wildman–Crippen LogP) is 4.00.